The number of pyridine rings is 1. The summed E-state index contributed by atoms with van der Waals surface area (Å²) in [5.74, 6) is 0.530. The van der Waals surface area contributed by atoms with Gasteiger partial charge in [-0.2, -0.15) is 0 Å². The van der Waals surface area contributed by atoms with Gasteiger partial charge in [-0.3, -0.25) is 0 Å². The van der Waals surface area contributed by atoms with Gasteiger partial charge in [0.1, 0.15) is 18.0 Å². The molecule has 0 radical (unpaired) electrons. The maximum Gasteiger partial charge on any atom is 0.142 e. The average Bonchev–Trinajstić information content (AvgIpc) is 3.44. The normalized spacial score (nSPS) is 17.0. The largest absolute Gasteiger partial charge is 0.379 e. The number of nitrogens with zero attached hydrogens (tertiary/aromatic N) is 2. The summed E-state index contributed by atoms with van der Waals surface area (Å²) >= 11 is 1.73. The number of aromatic nitrogens is 2. The van der Waals surface area contributed by atoms with Crippen LogP contribution in [-0.4, -0.2) is 35.6 Å². The van der Waals surface area contributed by atoms with Crippen LogP contribution in [-0.2, 0) is 17.1 Å². The lowest BCUT2D eigenvalue weighted by Crippen LogP contribution is -2.33. The number of hydrogen-bond acceptors (Lipinski definition) is 4. The van der Waals surface area contributed by atoms with Crippen LogP contribution in [0, 0.1) is 5.92 Å². The van der Waals surface area contributed by atoms with Gasteiger partial charge in [0, 0.05) is 31.2 Å². The van der Waals surface area contributed by atoms with Gasteiger partial charge in [0.25, 0.3) is 0 Å². The number of fused-ring (bicyclic) bond motifs is 1. The Kier molecular flexibility index (Phi) is 7.68. The fourth-order valence-corrected chi connectivity index (χ4v) is 6.13. The molecule has 1 saturated carbocycles. The molecular weight excluding hydrogens is 444 g/mol. The van der Waals surface area contributed by atoms with E-state index in [1.807, 2.05) is 12.3 Å². The molecule has 4 rings (SSSR count). The quantitative estimate of drug-likeness (QED) is 0.194. The fourth-order valence-electron chi connectivity index (χ4n) is 4.96. The summed E-state index contributed by atoms with van der Waals surface area (Å²) in [5.41, 5.74) is 1.66. The second-order valence-corrected chi connectivity index (χ2v) is 17.2. The van der Waals surface area contributed by atoms with E-state index in [0.29, 0.717) is 12.6 Å². The summed E-state index contributed by atoms with van der Waals surface area (Å²) in [6, 6.07) is 15.7. The third-order valence-electron chi connectivity index (χ3n) is 6.92. The van der Waals surface area contributed by atoms with E-state index in [2.05, 4.69) is 71.8 Å². The van der Waals surface area contributed by atoms with Crippen molar-refractivity contribution in [3.8, 4) is 0 Å². The summed E-state index contributed by atoms with van der Waals surface area (Å²) in [6.07, 6.45) is 9.55. The van der Waals surface area contributed by atoms with Gasteiger partial charge in [-0.05, 0) is 60.5 Å². The van der Waals surface area contributed by atoms with E-state index in [-0.39, 0.29) is 0 Å². The molecule has 1 fully saturated rings. The van der Waals surface area contributed by atoms with Crippen LogP contribution >= 0.6 is 11.8 Å². The van der Waals surface area contributed by atoms with E-state index in [4.69, 9.17) is 4.74 Å². The molecule has 1 atom stereocenters. The second-order valence-electron chi connectivity index (χ2n) is 10.7. The topological polar surface area (TPSA) is 47.3 Å². The molecule has 33 heavy (non-hydrogen) atoms. The number of thioether (sulfide) groups is 1. The lowest BCUT2D eigenvalue weighted by Gasteiger charge is -2.33. The van der Waals surface area contributed by atoms with Gasteiger partial charge in [-0.1, -0.05) is 57.5 Å². The molecule has 0 spiro atoms. The average molecular weight is 483 g/mol. The number of aliphatic hydroxyl groups is 1. The first kappa shape index (κ1) is 24.5. The van der Waals surface area contributed by atoms with Crippen molar-refractivity contribution < 1.29 is 9.84 Å². The Morgan fingerprint density at radius 1 is 1.15 bits per heavy atom. The number of ether oxygens (including phenoxy) is 1. The highest BCUT2D eigenvalue weighted by atomic mass is 32.2. The van der Waals surface area contributed by atoms with Crippen LogP contribution in [0.3, 0.4) is 0 Å². The van der Waals surface area contributed by atoms with Gasteiger partial charge in [0.15, 0.2) is 0 Å². The third kappa shape index (κ3) is 5.73. The summed E-state index contributed by atoms with van der Waals surface area (Å²) in [5, 5.41) is 13.5. The first-order chi connectivity index (χ1) is 15.8. The SMILES string of the molecule is CSc1ccc(C(O)(CC2CCCC2)c2cc3cccnc3n2COCC[Si](C)(C)C)cc1. The van der Waals surface area contributed by atoms with Gasteiger partial charge in [-0.15, -0.1) is 11.8 Å². The zero-order chi connectivity index (χ0) is 23.5. The first-order valence-electron chi connectivity index (χ1n) is 12.2. The molecule has 1 aromatic carbocycles. The predicted molar refractivity (Wildman–Crippen MR) is 142 cm³/mol. The minimum Gasteiger partial charge on any atom is -0.379 e. The number of rotatable bonds is 10. The Labute approximate surface area is 203 Å². The van der Waals surface area contributed by atoms with Crippen molar-refractivity contribution in [2.24, 2.45) is 5.92 Å². The number of hydrogen-bond donors (Lipinski definition) is 1. The van der Waals surface area contributed by atoms with Crippen LogP contribution in [0.15, 0.2) is 53.6 Å². The number of benzene rings is 1. The highest BCUT2D eigenvalue weighted by molar-refractivity contribution is 7.98. The third-order valence-corrected chi connectivity index (χ3v) is 9.37. The molecule has 1 aliphatic carbocycles. The molecule has 0 saturated heterocycles. The maximum atomic E-state index is 12.4. The van der Waals surface area contributed by atoms with Crippen molar-refractivity contribution in [1.82, 2.24) is 9.55 Å². The molecular formula is C27H38N2O2SSi. The zero-order valence-corrected chi connectivity index (χ0v) is 22.3. The summed E-state index contributed by atoms with van der Waals surface area (Å²) < 4.78 is 8.29. The molecule has 0 aliphatic heterocycles. The minimum absolute atomic E-state index is 0.413. The predicted octanol–water partition coefficient (Wildman–Crippen LogP) is 6.89. The smallest absolute Gasteiger partial charge is 0.142 e. The Hall–Kier alpha value is -1.60. The van der Waals surface area contributed by atoms with Crippen molar-refractivity contribution in [2.45, 2.75) is 75.0 Å². The van der Waals surface area contributed by atoms with E-state index in [9.17, 15) is 5.11 Å². The van der Waals surface area contributed by atoms with E-state index >= 15 is 0 Å². The summed E-state index contributed by atoms with van der Waals surface area (Å²) in [6.45, 7) is 8.26. The van der Waals surface area contributed by atoms with Crippen molar-refractivity contribution in [3.63, 3.8) is 0 Å². The Balaban J connectivity index is 1.74. The van der Waals surface area contributed by atoms with Gasteiger partial charge < -0.3 is 14.4 Å². The lowest BCUT2D eigenvalue weighted by atomic mass is 9.81. The molecule has 2 aromatic heterocycles. The van der Waals surface area contributed by atoms with E-state index in [0.717, 1.165) is 41.4 Å². The molecule has 3 aromatic rings. The van der Waals surface area contributed by atoms with E-state index in [1.165, 1.54) is 30.6 Å². The van der Waals surface area contributed by atoms with Crippen LogP contribution < -0.4 is 0 Å². The van der Waals surface area contributed by atoms with Gasteiger partial charge in [0.05, 0.1) is 5.69 Å². The monoisotopic (exact) mass is 482 g/mol. The van der Waals surface area contributed by atoms with Crippen molar-refractivity contribution in [1.29, 1.82) is 0 Å². The molecule has 1 unspecified atom stereocenters. The maximum absolute atomic E-state index is 12.4. The summed E-state index contributed by atoms with van der Waals surface area (Å²) in [4.78, 5) is 5.88. The second kappa shape index (κ2) is 10.3. The van der Waals surface area contributed by atoms with Crippen molar-refractivity contribution in [3.05, 3.63) is 59.9 Å². The fraction of sp³-hybridized carbons (Fsp3) is 0.519. The van der Waals surface area contributed by atoms with Crippen LogP contribution in [0.25, 0.3) is 11.0 Å². The minimum atomic E-state index is -1.17. The highest BCUT2D eigenvalue weighted by Gasteiger charge is 2.38. The van der Waals surface area contributed by atoms with Crippen LogP contribution in [0.2, 0.25) is 25.7 Å². The van der Waals surface area contributed by atoms with Crippen LogP contribution in [0.1, 0.15) is 43.4 Å². The van der Waals surface area contributed by atoms with Gasteiger partial charge >= 0.3 is 0 Å². The van der Waals surface area contributed by atoms with E-state index in [1.54, 1.807) is 11.8 Å². The molecule has 0 bridgehead atoms. The molecule has 4 nitrogen and oxygen atoms in total. The van der Waals surface area contributed by atoms with Crippen molar-refractivity contribution >= 4 is 30.9 Å². The zero-order valence-electron chi connectivity index (χ0n) is 20.5. The molecule has 1 aliphatic rings. The standard InChI is InChI=1S/C27H38N2O2SSi/c1-32-24-13-11-23(12-14-24)27(30,19-21-8-5-6-9-21)25-18-22-10-7-15-28-26(22)29(25)20-31-16-17-33(2,3)4/h7,10-15,18,21,30H,5-6,8-9,16-17,19-20H2,1-4H3. The van der Waals surface area contributed by atoms with Crippen molar-refractivity contribution in [2.75, 3.05) is 12.9 Å². The Morgan fingerprint density at radius 2 is 1.88 bits per heavy atom. The lowest BCUT2D eigenvalue weighted by molar-refractivity contribution is 0.0306. The summed E-state index contributed by atoms with van der Waals surface area (Å²) in [7, 11) is -1.17. The van der Waals surface area contributed by atoms with Gasteiger partial charge in [-0.25, -0.2) is 4.98 Å². The molecule has 1 N–H and O–H groups in total. The Morgan fingerprint density at radius 3 is 2.55 bits per heavy atom. The van der Waals surface area contributed by atoms with Gasteiger partial charge in [0.2, 0.25) is 0 Å². The highest BCUT2D eigenvalue weighted by Crippen LogP contribution is 2.42. The molecule has 2 heterocycles. The first-order valence-corrected chi connectivity index (χ1v) is 17.1. The molecule has 178 valence electrons. The van der Waals surface area contributed by atoms with Crippen LogP contribution in [0.5, 0.6) is 0 Å². The Bertz CT molecular complexity index is 1050. The van der Waals surface area contributed by atoms with Crippen LogP contribution in [0.4, 0.5) is 0 Å². The van der Waals surface area contributed by atoms with E-state index < -0.39 is 13.7 Å². The molecule has 0 amide bonds. The molecule has 6 heteroatoms.